The highest BCUT2D eigenvalue weighted by Crippen LogP contribution is 2.69. The highest BCUT2D eigenvalue weighted by Gasteiger charge is 2.81. The van der Waals surface area contributed by atoms with Crippen LogP contribution in [0.5, 0.6) is 23.0 Å². The summed E-state index contributed by atoms with van der Waals surface area (Å²) in [6, 6.07) is 4.33. The molecule has 17 nitrogen and oxygen atoms in total. The third kappa shape index (κ3) is 11.7. The number of ether oxygens (including phenoxy) is 6. The van der Waals surface area contributed by atoms with Crippen molar-refractivity contribution in [2.45, 2.75) is 206 Å². The molecule has 81 heavy (non-hydrogen) atoms. The van der Waals surface area contributed by atoms with Gasteiger partial charge in [0.25, 0.3) is 5.91 Å². The van der Waals surface area contributed by atoms with E-state index >= 15 is 9.59 Å². The number of nitrogens with one attached hydrogen (secondary N) is 1. The van der Waals surface area contributed by atoms with E-state index < -0.39 is 95.3 Å². The van der Waals surface area contributed by atoms with Crippen molar-refractivity contribution in [2.75, 3.05) is 19.7 Å². The quantitative estimate of drug-likeness (QED) is 0.0230. The lowest BCUT2D eigenvalue weighted by Gasteiger charge is -2.56. The van der Waals surface area contributed by atoms with Crippen LogP contribution >= 0.6 is 0 Å². The maximum absolute atomic E-state index is 16.1. The number of allylic oxidation sites excluding steroid dienone is 5. The van der Waals surface area contributed by atoms with Crippen LogP contribution in [0.2, 0.25) is 0 Å². The molecule has 2 aromatic carbocycles. The molecule has 9 rings (SSSR count). The lowest BCUT2D eigenvalue weighted by Crippen LogP contribution is -2.72. The number of fused-ring (bicyclic) bond motifs is 2. The number of amides is 2. The number of benzene rings is 2. The third-order valence-corrected chi connectivity index (χ3v) is 16.9. The number of esters is 1. The number of carbonyl (C=O) groups is 5. The molecule has 2 amide bonds. The van der Waals surface area contributed by atoms with Crippen molar-refractivity contribution in [2.24, 2.45) is 11.8 Å². The summed E-state index contributed by atoms with van der Waals surface area (Å²) >= 11 is 0. The van der Waals surface area contributed by atoms with Gasteiger partial charge in [-0.1, -0.05) is 75.0 Å². The van der Waals surface area contributed by atoms with Crippen LogP contribution in [-0.2, 0) is 30.3 Å². The molecule has 4 aliphatic heterocycles. The highest BCUT2D eigenvalue weighted by atomic mass is 16.7. The molecule has 1 saturated carbocycles. The average molecular weight is 1120 g/mol. The maximum atomic E-state index is 16.1. The Kier molecular flexibility index (Phi) is 18.5. The Morgan fingerprint density at radius 1 is 0.864 bits per heavy atom. The largest absolute Gasteiger partial charge is 0.482 e. The van der Waals surface area contributed by atoms with E-state index in [-0.39, 0.29) is 58.5 Å². The van der Waals surface area contributed by atoms with Crippen LogP contribution < -0.4 is 24.3 Å². The van der Waals surface area contributed by atoms with E-state index in [1.807, 2.05) is 71.6 Å². The van der Waals surface area contributed by atoms with Crippen molar-refractivity contribution < 1.29 is 72.8 Å². The zero-order valence-electron chi connectivity index (χ0n) is 49.0. The summed E-state index contributed by atoms with van der Waals surface area (Å²) in [5.74, 6) is -3.22. The van der Waals surface area contributed by atoms with E-state index in [2.05, 4.69) is 25.2 Å². The number of hydrogen-bond acceptors (Lipinski definition) is 15. The Labute approximate surface area is 476 Å². The number of Topliss-reactive ketones (excluding diaryl/α,β-unsaturated/α-hetero) is 2. The van der Waals surface area contributed by atoms with E-state index in [0.717, 1.165) is 49.7 Å². The second-order valence-corrected chi connectivity index (χ2v) is 24.1. The zero-order chi connectivity index (χ0) is 58.9. The molecule has 5 N–H and O–H groups in total. The van der Waals surface area contributed by atoms with Gasteiger partial charge in [-0.2, -0.15) is 0 Å². The molecule has 2 saturated heterocycles. The van der Waals surface area contributed by atoms with Crippen LogP contribution in [0, 0.1) is 11.8 Å². The lowest BCUT2D eigenvalue weighted by atomic mass is 9.51. The minimum absolute atomic E-state index is 0.0323. The number of aliphatic hydroxyl groups is 4. The molecule has 0 aromatic heterocycles. The predicted octanol–water partition coefficient (Wildman–Crippen LogP) is 8.56. The average Bonchev–Trinajstić information content (AvgIpc) is 3.73. The summed E-state index contributed by atoms with van der Waals surface area (Å²) < 4.78 is 39.4. The molecule has 3 aliphatic carbocycles. The molecule has 7 aliphatic rings. The van der Waals surface area contributed by atoms with E-state index in [9.17, 15) is 34.8 Å². The first-order chi connectivity index (χ1) is 38.4. The summed E-state index contributed by atoms with van der Waals surface area (Å²) in [6.45, 7) is 21.9. The van der Waals surface area contributed by atoms with Gasteiger partial charge in [0, 0.05) is 53.6 Å². The molecule has 0 radical (unpaired) electrons. The van der Waals surface area contributed by atoms with Gasteiger partial charge in [0.15, 0.2) is 28.5 Å². The van der Waals surface area contributed by atoms with Gasteiger partial charge in [-0.15, -0.1) is 0 Å². The number of rotatable bonds is 23. The number of nitrogens with zero attached hydrogens (tertiary/aromatic N) is 1. The second-order valence-electron chi connectivity index (χ2n) is 24.1. The first-order valence-electron chi connectivity index (χ1n) is 29.0. The number of aliphatic hydroxyl groups excluding tert-OH is 4. The summed E-state index contributed by atoms with van der Waals surface area (Å²) in [4.78, 5) is 76.0. The molecule has 2 aromatic rings. The van der Waals surface area contributed by atoms with Crippen molar-refractivity contribution in [3.63, 3.8) is 0 Å². The van der Waals surface area contributed by atoms with Gasteiger partial charge in [0.2, 0.25) is 12.2 Å². The van der Waals surface area contributed by atoms with Crippen molar-refractivity contribution in [1.29, 1.82) is 0 Å². The Morgan fingerprint density at radius 3 is 2.16 bits per heavy atom. The monoisotopic (exact) mass is 1120 g/mol. The van der Waals surface area contributed by atoms with E-state index in [1.165, 1.54) is 31.2 Å². The van der Waals surface area contributed by atoms with Gasteiger partial charge < -0.3 is 59.1 Å². The van der Waals surface area contributed by atoms with Gasteiger partial charge in [0.05, 0.1) is 17.8 Å². The van der Waals surface area contributed by atoms with E-state index in [1.54, 1.807) is 19.1 Å². The maximum Gasteiger partial charge on any atom is 0.333 e. The summed E-state index contributed by atoms with van der Waals surface area (Å²) in [5.41, 5.74) is -1.52. The zero-order valence-corrected chi connectivity index (χ0v) is 49.0. The molecule has 4 bridgehead atoms. The Bertz CT molecular complexity index is 2900. The fourth-order valence-corrected chi connectivity index (χ4v) is 12.4. The van der Waals surface area contributed by atoms with Crippen molar-refractivity contribution in [1.82, 2.24) is 10.2 Å². The van der Waals surface area contributed by atoms with Gasteiger partial charge in [-0.05, 0) is 137 Å². The number of ketones is 2. The molecule has 17 heteroatoms. The molecule has 1 spiro atoms. The van der Waals surface area contributed by atoms with Crippen molar-refractivity contribution in [3.8, 4) is 23.0 Å². The van der Waals surface area contributed by atoms with Crippen LogP contribution in [0.1, 0.15) is 172 Å². The molecular formula is C64H84N2O15. The molecule has 6 unspecified atom stereocenters. The van der Waals surface area contributed by atoms with Gasteiger partial charge in [-0.3, -0.25) is 19.2 Å². The van der Waals surface area contributed by atoms with E-state index in [0.29, 0.717) is 54.8 Å². The highest BCUT2D eigenvalue weighted by molar-refractivity contribution is 6.19. The van der Waals surface area contributed by atoms with Crippen LogP contribution in [0.15, 0.2) is 76.9 Å². The molecule has 440 valence electrons. The summed E-state index contributed by atoms with van der Waals surface area (Å²) in [7, 11) is 0. The van der Waals surface area contributed by atoms with Gasteiger partial charge in [0.1, 0.15) is 58.9 Å². The number of hydrogen-bond donors (Lipinski definition) is 5. The van der Waals surface area contributed by atoms with Gasteiger partial charge >= 0.3 is 5.97 Å². The standard InChI is InChI=1S/C64H84N2O15/c1-12-14-16-31-66(32-17-15-13-2)58(74)38(7)26-30-63-56(72)41-33-45-49(68)48-54(78-59(75)39(8)65-57(73)40-21-23-42(24-22-40)76-60-52(71)51(70)50(69)46(35-67)77-60)44-27-29-62(11,28-18-19-36(3)4)79-53(44)43(25-20-37(5)6)55(48)80-64(45,63)47(34-41)61(9,10)81-63/h19-24,26-27,29,33,39,41,46-47,50-52,60,67,69-71H,12-18,25,28,30-32,34-35H2,1-11H3,(H,65,73)/t39?,41?,46-,47?,50-,51+,52-,60-,62?,63?,64?/m1/s1. The third-order valence-electron chi connectivity index (χ3n) is 16.9. The van der Waals surface area contributed by atoms with Gasteiger partial charge in [-0.25, -0.2) is 4.79 Å². The molecule has 3 fully saturated rings. The Morgan fingerprint density at radius 2 is 1.53 bits per heavy atom. The number of carbonyl (C=O) groups excluding carboxylic acids is 5. The minimum atomic E-state index is -1.73. The topological polar surface area (TPSA) is 237 Å². The molecular weight excluding hydrogens is 1040 g/mol. The Hall–Kier alpha value is -5.95. The fourth-order valence-electron chi connectivity index (χ4n) is 12.4. The first kappa shape index (κ1) is 61.1. The predicted molar refractivity (Wildman–Crippen MR) is 304 cm³/mol. The fraction of sp³-hybridized carbons (Fsp3) is 0.578. The van der Waals surface area contributed by atoms with Crippen LogP contribution in [0.3, 0.4) is 0 Å². The minimum Gasteiger partial charge on any atom is -0.482 e. The summed E-state index contributed by atoms with van der Waals surface area (Å²) in [5, 5.41) is 43.2. The van der Waals surface area contributed by atoms with Crippen LogP contribution in [-0.4, -0.2) is 134 Å². The van der Waals surface area contributed by atoms with E-state index in [4.69, 9.17) is 28.4 Å². The van der Waals surface area contributed by atoms with Crippen molar-refractivity contribution in [3.05, 3.63) is 99.2 Å². The van der Waals surface area contributed by atoms with Crippen molar-refractivity contribution >= 4 is 35.4 Å². The second kappa shape index (κ2) is 24.5. The number of unbranched alkanes of at least 4 members (excludes halogenated alkanes) is 4. The lowest BCUT2D eigenvalue weighted by molar-refractivity contribution is -0.277. The normalized spacial score (nSPS) is 28.8. The van der Waals surface area contributed by atoms with Crippen LogP contribution in [0.4, 0.5) is 0 Å². The van der Waals surface area contributed by atoms with Crippen LogP contribution in [0.25, 0.3) is 6.08 Å². The Balaban J connectivity index is 1.18. The summed E-state index contributed by atoms with van der Waals surface area (Å²) in [6.07, 6.45) is 11.4. The first-order valence-corrected chi connectivity index (χ1v) is 29.0. The molecule has 11 atom stereocenters. The molecule has 4 heterocycles. The SMILES string of the molecule is CCCCCN(CCCCC)C(=O)C(C)=CCC12OC(C)(C)C3CC(C=C4C(=O)c5c(OC(=O)C(C)NC(=O)c6ccc(O[C@@H]7O[C@H](CO)[C@@H](O)[C@H](O)[C@H]7O)cc6)c6c(c(CC=C(C)C)c5OC431)OC(C)(CCC=C(C)C)C=C6)C2=O. The smallest absolute Gasteiger partial charge is 0.333 e.